The molecule has 1 fully saturated rings. The van der Waals surface area contributed by atoms with Gasteiger partial charge in [0.25, 0.3) is 0 Å². The van der Waals surface area contributed by atoms with Crippen LogP contribution in [0.1, 0.15) is 103 Å². The summed E-state index contributed by atoms with van der Waals surface area (Å²) >= 11 is 0. The van der Waals surface area contributed by atoms with E-state index in [0.29, 0.717) is 25.8 Å². The number of aromatic amines is 1. The number of H-pyrrole nitrogens is 1. The van der Waals surface area contributed by atoms with E-state index >= 15 is 0 Å². The Morgan fingerprint density at radius 3 is 2.14 bits per heavy atom. The van der Waals surface area contributed by atoms with Crippen molar-refractivity contribution in [2.75, 3.05) is 6.54 Å². The van der Waals surface area contributed by atoms with E-state index in [4.69, 9.17) is 4.74 Å². The molecule has 4 amide bonds. The molecule has 7 N–H and O–H groups in total. The Morgan fingerprint density at radius 1 is 0.860 bits per heavy atom. The Labute approximate surface area is 338 Å². The Balaban J connectivity index is 1.47. The molecular formula is C44H65N7O6. The van der Waals surface area contributed by atoms with Crippen molar-refractivity contribution in [3.63, 3.8) is 0 Å². The van der Waals surface area contributed by atoms with Crippen LogP contribution in [0.3, 0.4) is 0 Å². The van der Waals surface area contributed by atoms with E-state index < -0.39 is 47.9 Å². The molecular weight excluding hydrogens is 723 g/mol. The van der Waals surface area contributed by atoms with E-state index in [1.54, 1.807) is 33.3 Å². The quantitative estimate of drug-likeness (QED) is 0.0778. The molecule has 4 rings (SSSR count). The highest BCUT2D eigenvalue weighted by molar-refractivity contribution is 5.88. The molecule has 5 atom stereocenters. The van der Waals surface area contributed by atoms with Crippen LogP contribution in [0.5, 0.6) is 0 Å². The topological polar surface area (TPSA) is 187 Å². The first kappa shape index (κ1) is 45.0. The lowest BCUT2D eigenvalue weighted by molar-refractivity contribution is -0.131. The highest BCUT2D eigenvalue weighted by atomic mass is 16.6. The fraction of sp³-hybridized carbons (Fsp3) is 0.568. The van der Waals surface area contributed by atoms with E-state index in [1.807, 2.05) is 74.5 Å². The molecule has 1 unspecified atom stereocenters. The Kier molecular flexibility index (Phi) is 18.0. The van der Waals surface area contributed by atoms with Gasteiger partial charge in [-0.25, -0.2) is 9.78 Å². The Morgan fingerprint density at radius 2 is 1.53 bits per heavy atom. The molecule has 312 valence electrons. The predicted molar refractivity (Wildman–Crippen MR) is 221 cm³/mol. The van der Waals surface area contributed by atoms with Crippen LogP contribution < -0.4 is 26.6 Å². The number of imidazole rings is 1. The van der Waals surface area contributed by atoms with Gasteiger partial charge in [-0.15, -0.1) is 0 Å². The molecule has 57 heavy (non-hydrogen) atoms. The van der Waals surface area contributed by atoms with Crippen LogP contribution in [0, 0.1) is 11.8 Å². The molecule has 1 aromatic heterocycles. The van der Waals surface area contributed by atoms with Crippen molar-refractivity contribution < 1.29 is 29.0 Å². The standard InChI is InChI=1S/C44H65N7O6/c1-30(2)21-38(41(54)47-26-33-19-13-8-14-20-33)50-40(53)25-39(52)36(23-32-17-11-7-12-18-32)51-42(55)37(24-34-27-45-29-48-34)46-28-35(22-31-15-9-6-10-16-31)49-43(56)57-44(3,4)5/h6,8-10,13-16,19-20,27,29-30,32,35-39,46,52H,7,11-12,17-18,21-26,28H2,1-5H3,(H,45,48)(H,47,54)(H,49,56)(H,50,53)(H,51,55)/t35-,36?,37-,38-,39+/m0/s1. The normalized spacial score (nSPS) is 16.1. The first-order valence-corrected chi connectivity index (χ1v) is 20.6. The minimum atomic E-state index is -1.20. The first-order valence-electron chi connectivity index (χ1n) is 20.6. The number of hydrogen-bond acceptors (Lipinski definition) is 8. The zero-order valence-corrected chi connectivity index (χ0v) is 34.4. The molecule has 13 nitrogen and oxygen atoms in total. The minimum Gasteiger partial charge on any atom is -0.444 e. The van der Waals surface area contributed by atoms with Crippen LogP contribution in [0.4, 0.5) is 4.79 Å². The molecule has 13 heteroatoms. The smallest absolute Gasteiger partial charge is 0.407 e. The predicted octanol–water partition coefficient (Wildman–Crippen LogP) is 5.10. The molecule has 0 saturated heterocycles. The Bertz CT molecular complexity index is 1640. The second-order valence-corrected chi connectivity index (χ2v) is 16.9. The number of rotatable bonds is 21. The second-order valence-electron chi connectivity index (χ2n) is 16.9. The molecule has 2 aromatic carbocycles. The van der Waals surface area contributed by atoms with Gasteiger partial charge in [-0.3, -0.25) is 14.4 Å². The van der Waals surface area contributed by atoms with E-state index in [9.17, 15) is 24.3 Å². The Hall–Kier alpha value is -4.75. The lowest BCUT2D eigenvalue weighted by Gasteiger charge is -2.32. The number of nitrogens with one attached hydrogen (secondary N) is 6. The first-order chi connectivity index (χ1) is 27.2. The summed E-state index contributed by atoms with van der Waals surface area (Å²) in [5, 5.41) is 27.0. The van der Waals surface area contributed by atoms with Crippen LogP contribution in [-0.2, 0) is 38.5 Å². The lowest BCUT2D eigenvalue weighted by atomic mass is 9.83. The maximum atomic E-state index is 14.3. The number of aliphatic hydroxyl groups is 1. The van der Waals surface area contributed by atoms with Crippen LogP contribution in [0.2, 0.25) is 0 Å². The zero-order valence-electron chi connectivity index (χ0n) is 34.4. The van der Waals surface area contributed by atoms with Crippen LogP contribution in [0.25, 0.3) is 0 Å². The molecule has 1 saturated carbocycles. The molecule has 0 bridgehead atoms. The maximum absolute atomic E-state index is 14.3. The van der Waals surface area contributed by atoms with Crippen molar-refractivity contribution in [1.29, 1.82) is 0 Å². The summed E-state index contributed by atoms with van der Waals surface area (Å²) < 4.78 is 5.56. The molecule has 0 radical (unpaired) electrons. The average molecular weight is 788 g/mol. The monoisotopic (exact) mass is 787 g/mol. The lowest BCUT2D eigenvalue weighted by Crippen LogP contribution is -2.56. The summed E-state index contributed by atoms with van der Waals surface area (Å²) in [5.74, 6) is -0.686. The van der Waals surface area contributed by atoms with E-state index in [1.165, 1.54) is 0 Å². The van der Waals surface area contributed by atoms with E-state index in [0.717, 1.165) is 48.9 Å². The second kappa shape index (κ2) is 22.9. The third-order valence-corrected chi connectivity index (χ3v) is 10.1. The number of hydrogen-bond donors (Lipinski definition) is 7. The maximum Gasteiger partial charge on any atom is 0.407 e. The minimum absolute atomic E-state index is 0.131. The van der Waals surface area contributed by atoms with Crippen molar-refractivity contribution in [1.82, 2.24) is 36.6 Å². The van der Waals surface area contributed by atoms with Crippen LogP contribution >= 0.6 is 0 Å². The van der Waals surface area contributed by atoms with E-state index in [2.05, 4.69) is 36.6 Å². The average Bonchev–Trinajstić information content (AvgIpc) is 3.68. The SMILES string of the molecule is CC(C)C[C@H](NC(=O)C[C@@H](O)C(CC1CCCCC1)NC(=O)[C@H](Cc1cnc[nH]1)NC[C@H](Cc1ccccc1)NC(=O)OC(C)(C)C)C(=O)NCc1ccccc1. The molecule has 0 aliphatic heterocycles. The summed E-state index contributed by atoms with van der Waals surface area (Å²) in [6, 6.07) is 16.6. The summed E-state index contributed by atoms with van der Waals surface area (Å²) in [4.78, 5) is 61.2. The summed E-state index contributed by atoms with van der Waals surface area (Å²) in [6.45, 7) is 9.95. The number of carbonyl (C=O) groups excluding carboxylic acids is 4. The van der Waals surface area contributed by atoms with Gasteiger partial charge < -0.3 is 41.4 Å². The largest absolute Gasteiger partial charge is 0.444 e. The fourth-order valence-corrected chi connectivity index (χ4v) is 7.28. The van der Waals surface area contributed by atoms with Gasteiger partial charge in [0.1, 0.15) is 11.6 Å². The number of aromatic nitrogens is 2. The highest BCUT2D eigenvalue weighted by Gasteiger charge is 2.32. The molecule has 1 aliphatic carbocycles. The highest BCUT2D eigenvalue weighted by Crippen LogP contribution is 2.28. The van der Waals surface area contributed by atoms with Crippen molar-refractivity contribution in [2.24, 2.45) is 11.8 Å². The number of aliphatic hydroxyl groups excluding tert-OH is 1. The van der Waals surface area contributed by atoms with Gasteiger partial charge in [-0.05, 0) is 63.0 Å². The van der Waals surface area contributed by atoms with Gasteiger partial charge in [0, 0.05) is 37.4 Å². The number of alkyl carbamates (subject to hydrolysis) is 1. The molecule has 1 heterocycles. The number of benzene rings is 2. The summed E-state index contributed by atoms with van der Waals surface area (Å²) in [5.41, 5.74) is 2.00. The van der Waals surface area contributed by atoms with Gasteiger partial charge in [0.2, 0.25) is 17.7 Å². The zero-order chi connectivity index (χ0) is 41.2. The number of nitrogens with zero attached hydrogens (tertiary/aromatic N) is 1. The number of amides is 4. The van der Waals surface area contributed by atoms with Crippen molar-refractivity contribution >= 4 is 23.8 Å². The third-order valence-electron chi connectivity index (χ3n) is 10.1. The molecule has 0 spiro atoms. The van der Waals surface area contributed by atoms with Gasteiger partial charge in [0.15, 0.2) is 0 Å². The van der Waals surface area contributed by atoms with Crippen LogP contribution in [0.15, 0.2) is 73.2 Å². The van der Waals surface area contributed by atoms with Crippen molar-refractivity contribution in [3.05, 3.63) is 90.0 Å². The molecule has 1 aliphatic rings. The third kappa shape index (κ3) is 17.1. The summed E-state index contributed by atoms with van der Waals surface area (Å²) in [6.07, 6.45) is 8.14. The van der Waals surface area contributed by atoms with Crippen molar-refractivity contribution in [2.45, 2.75) is 141 Å². The van der Waals surface area contributed by atoms with Gasteiger partial charge >= 0.3 is 6.09 Å². The van der Waals surface area contributed by atoms with E-state index in [-0.39, 0.29) is 43.0 Å². The van der Waals surface area contributed by atoms with Crippen LogP contribution in [-0.4, -0.2) is 81.3 Å². The summed E-state index contributed by atoms with van der Waals surface area (Å²) in [7, 11) is 0. The molecule has 3 aromatic rings. The fourth-order valence-electron chi connectivity index (χ4n) is 7.28. The number of carbonyl (C=O) groups is 4. The van der Waals surface area contributed by atoms with Gasteiger partial charge in [-0.2, -0.15) is 0 Å². The van der Waals surface area contributed by atoms with Gasteiger partial charge in [-0.1, -0.05) is 107 Å². The van der Waals surface area contributed by atoms with Gasteiger partial charge in [0.05, 0.1) is 30.9 Å². The van der Waals surface area contributed by atoms with Crippen molar-refractivity contribution in [3.8, 4) is 0 Å². The number of ether oxygens (including phenoxy) is 1.